The predicted molar refractivity (Wildman–Crippen MR) is 78.3 cm³/mol. The maximum atomic E-state index is 12.0. The Morgan fingerprint density at radius 2 is 2.00 bits per heavy atom. The highest BCUT2D eigenvalue weighted by Crippen LogP contribution is 2.43. The average Bonchev–Trinajstić information content (AvgIpc) is 3.07. The molecule has 1 aromatic carbocycles. The molecule has 2 bridgehead atoms. The summed E-state index contributed by atoms with van der Waals surface area (Å²) in [5, 5.41) is 0. The molecule has 0 heterocycles. The number of esters is 1. The fourth-order valence-corrected chi connectivity index (χ4v) is 3.57. The van der Waals surface area contributed by atoms with Crippen LogP contribution in [0.15, 0.2) is 40.9 Å². The van der Waals surface area contributed by atoms with Gasteiger partial charge in [0.25, 0.3) is 0 Å². The van der Waals surface area contributed by atoms with Gasteiger partial charge in [0, 0.05) is 10.0 Å². The Hall–Kier alpha value is -1.42. The highest BCUT2D eigenvalue weighted by atomic mass is 79.9. The predicted octanol–water partition coefficient (Wildman–Crippen LogP) is 3.39. The van der Waals surface area contributed by atoms with Crippen molar-refractivity contribution < 1.29 is 14.3 Å². The Morgan fingerprint density at radius 1 is 1.20 bits per heavy atom. The van der Waals surface area contributed by atoms with E-state index < -0.39 is 0 Å². The van der Waals surface area contributed by atoms with Gasteiger partial charge in [0.05, 0.1) is 5.92 Å². The molecule has 0 amide bonds. The lowest BCUT2D eigenvalue weighted by Crippen LogP contribution is -2.24. The Balaban J connectivity index is 1.57. The Labute approximate surface area is 126 Å². The van der Waals surface area contributed by atoms with Gasteiger partial charge in [-0.15, -0.1) is 0 Å². The smallest absolute Gasteiger partial charge is 0.310 e. The lowest BCUT2D eigenvalue weighted by Gasteiger charge is -2.16. The van der Waals surface area contributed by atoms with Crippen LogP contribution in [0.1, 0.15) is 23.2 Å². The van der Waals surface area contributed by atoms with Crippen LogP contribution in [-0.4, -0.2) is 18.4 Å². The van der Waals surface area contributed by atoms with E-state index in [1.165, 1.54) is 0 Å². The van der Waals surface area contributed by atoms with E-state index in [1.807, 2.05) is 6.07 Å². The van der Waals surface area contributed by atoms with Gasteiger partial charge in [-0.2, -0.15) is 0 Å². The molecule has 3 nitrogen and oxygen atoms in total. The molecule has 2 aliphatic rings. The molecule has 1 aromatic rings. The lowest BCUT2D eigenvalue weighted by molar-refractivity contribution is -0.148. The van der Waals surface area contributed by atoms with Gasteiger partial charge in [0.15, 0.2) is 6.61 Å². The Kier molecular flexibility index (Phi) is 3.74. The zero-order valence-corrected chi connectivity index (χ0v) is 12.5. The van der Waals surface area contributed by atoms with Gasteiger partial charge in [-0.3, -0.25) is 9.59 Å². The molecule has 0 aromatic heterocycles. The largest absolute Gasteiger partial charge is 0.457 e. The molecule has 1 fully saturated rings. The van der Waals surface area contributed by atoms with Gasteiger partial charge in [-0.25, -0.2) is 0 Å². The van der Waals surface area contributed by atoms with Crippen molar-refractivity contribution in [3.63, 3.8) is 0 Å². The molecule has 0 radical (unpaired) electrons. The number of allylic oxidation sites excluding steroid dienone is 2. The summed E-state index contributed by atoms with van der Waals surface area (Å²) in [5.74, 6) is 0.367. The summed E-state index contributed by atoms with van der Waals surface area (Å²) in [5.41, 5.74) is 0.549. The number of benzene rings is 1. The average molecular weight is 335 g/mol. The van der Waals surface area contributed by atoms with E-state index in [0.29, 0.717) is 17.4 Å². The van der Waals surface area contributed by atoms with Crippen LogP contribution in [0.4, 0.5) is 0 Å². The Morgan fingerprint density at radius 3 is 2.65 bits per heavy atom. The van der Waals surface area contributed by atoms with Gasteiger partial charge in [0.1, 0.15) is 0 Å². The standard InChI is InChI=1S/C16H15BrO3/c17-14-4-2-1-3-12(14)15(18)9-20-16(19)13-8-10-5-6-11(13)7-10/h1-6,10-11,13H,7-9H2/t10-,11-,13+/m0/s1. The van der Waals surface area contributed by atoms with Crippen molar-refractivity contribution in [2.75, 3.05) is 6.61 Å². The number of Topliss-reactive ketones (excluding diaryl/α,β-unsaturated/α-hetero) is 1. The van der Waals surface area contributed by atoms with Gasteiger partial charge < -0.3 is 4.74 Å². The highest BCUT2D eigenvalue weighted by molar-refractivity contribution is 9.10. The molecule has 2 aliphatic carbocycles. The van der Waals surface area contributed by atoms with Crippen molar-refractivity contribution in [2.45, 2.75) is 12.8 Å². The first-order valence-electron chi connectivity index (χ1n) is 6.78. The van der Waals surface area contributed by atoms with Crippen molar-refractivity contribution in [3.8, 4) is 0 Å². The molecule has 4 heteroatoms. The van der Waals surface area contributed by atoms with Gasteiger partial charge >= 0.3 is 5.97 Å². The molecule has 0 saturated heterocycles. The summed E-state index contributed by atoms with van der Waals surface area (Å²) in [6, 6.07) is 7.16. The quantitative estimate of drug-likeness (QED) is 0.481. The van der Waals surface area contributed by atoms with Crippen molar-refractivity contribution in [1.82, 2.24) is 0 Å². The van der Waals surface area contributed by atoms with Crippen LogP contribution < -0.4 is 0 Å². The molecule has 104 valence electrons. The van der Waals surface area contributed by atoms with Crippen LogP contribution in [0.5, 0.6) is 0 Å². The van der Waals surface area contributed by atoms with E-state index >= 15 is 0 Å². The fraction of sp³-hybridized carbons (Fsp3) is 0.375. The van der Waals surface area contributed by atoms with E-state index in [1.54, 1.807) is 18.2 Å². The molecule has 3 atom stereocenters. The minimum absolute atomic E-state index is 0.0583. The lowest BCUT2D eigenvalue weighted by atomic mass is 9.94. The number of ether oxygens (including phenoxy) is 1. The van der Waals surface area contributed by atoms with Crippen LogP contribution in [-0.2, 0) is 9.53 Å². The Bertz CT molecular complexity index is 579. The molecule has 0 N–H and O–H groups in total. The third-order valence-electron chi connectivity index (χ3n) is 4.10. The summed E-state index contributed by atoms with van der Waals surface area (Å²) in [6.45, 7) is -0.182. The van der Waals surface area contributed by atoms with E-state index in [2.05, 4.69) is 28.1 Å². The third kappa shape index (κ3) is 2.57. The highest BCUT2D eigenvalue weighted by Gasteiger charge is 2.40. The first kappa shape index (κ1) is 13.6. The molecular formula is C16H15BrO3. The van der Waals surface area contributed by atoms with Crippen molar-refractivity contribution >= 4 is 27.7 Å². The summed E-state index contributed by atoms with van der Waals surface area (Å²) in [4.78, 5) is 24.1. The normalized spacial score (nSPS) is 26.8. The monoisotopic (exact) mass is 334 g/mol. The molecule has 0 aliphatic heterocycles. The van der Waals surface area contributed by atoms with Gasteiger partial charge in [-0.1, -0.05) is 46.3 Å². The number of ketones is 1. The third-order valence-corrected chi connectivity index (χ3v) is 4.79. The molecule has 20 heavy (non-hydrogen) atoms. The fourth-order valence-electron chi connectivity index (χ4n) is 3.06. The number of carbonyl (C=O) groups is 2. The summed E-state index contributed by atoms with van der Waals surface area (Å²) < 4.78 is 5.93. The molecular weight excluding hydrogens is 320 g/mol. The number of fused-ring (bicyclic) bond motifs is 2. The van der Waals surface area contributed by atoms with E-state index in [4.69, 9.17) is 4.74 Å². The van der Waals surface area contributed by atoms with Crippen molar-refractivity contribution in [2.24, 2.45) is 17.8 Å². The first-order valence-corrected chi connectivity index (χ1v) is 7.57. The van der Waals surface area contributed by atoms with E-state index in [0.717, 1.165) is 17.3 Å². The van der Waals surface area contributed by atoms with Crippen LogP contribution in [0, 0.1) is 17.8 Å². The van der Waals surface area contributed by atoms with Crippen LogP contribution in [0.25, 0.3) is 0 Å². The number of hydrogen-bond acceptors (Lipinski definition) is 3. The van der Waals surface area contributed by atoms with Gasteiger partial charge in [0.2, 0.25) is 5.78 Å². The van der Waals surface area contributed by atoms with Crippen LogP contribution in [0.2, 0.25) is 0 Å². The zero-order valence-electron chi connectivity index (χ0n) is 10.9. The maximum Gasteiger partial charge on any atom is 0.310 e. The second-order valence-electron chi connectivity index (χ2n) is 5.40. The second kappa shape index (κ2) is 5.52. The minimum Gasteiger partial charge on any atom is -0.457 e. The summed E-state index contributed by atoms with van der Waals surface area (Å²) in [6.07, 6.45) is 6.21. The second-order valence-corrected chi connectivity index (χ2v) is 6.25. The molecule has 3 rings (SSSR count). The van der Waals surface area contributed by atoms with Crippen LogP contribution in [0.3, 0.4) is 0 Å². The van der Waals surface area contributed by atoms with Crippen molar-refractivity contribution in [1.29, 1.82) is 0 Å². The minimum atomic E-state index is -0.234. The van der Waals surface area contributed by atoms with Gasteiger partial charge in [-0.05, 0) is 30.7 Å². The molecule has 0 unspecified atom stereocenters. The van der Waals surface area contributed by atoms with E-state index in [-0.39, 0.29) is 24.3 Å². The van der Waals surface area contributed by atoms with E-state index in [9.17, 15) is 9.59 Å². The van der Waals surface area contributed by atoms with Crippen molar-refractivity contribution in [3.05, 3.63) is 46.5 Å². The number of hydrogen-bond donors (Lipinski definition) is 0. The molecule has 1 saturated carbocycles. The first-order chi connectivity index (χ1) is 9.65. The zero-order chi connectivity index (χ0) is 14.1. The summed E-state index contributed by atoms with van der Waals surface area (Å²) in [7, 11) is 0. The number of halogens is 1. The summed E-state index contributed by atoms with van der Waals surface area (Å²) >= 11 is 3.33. The number of rotatable bonds is 4. The number of carbonyl (C=O) groups excluding carboxylic acids is 2. The SMILES string of the molecule is O=C(COC(=O)[C@@H]1C[C@H]2C=C[C@H]1C2)c1ccccc1Br. The maximum absolute atomic E-state index is 12.0. The molecule has 0 spiro atoms. The van der Waals surface area contributed by atoms with Crippen LogP contribution >= 0.6 is 15.9 Å². The topological polar surface area (TPSA) is 43.4 Å².